The van der Waals surface area contributed by atoms with Crippen molar-refractivity contribution in [3.05, 3.63) is 69.3 Å². The molecule has 43 heavy (non-hydrogen) atoms. The Bertz CT molecular complexity index is 1770. The Morgan fingerprint density at radius 2 is 1.86 bits per heavy atom. The molecule has 0 radical (unpaired) electrons. The number of halogens is 3. The number of aromatic nitrogens is 4. The molecule has 4 N–H and O–H groups in total. The van der Waals surface area contributed by atoms with Gasteiger partial charge in [-0.25, -0.2) is 14.4 Å². The van der Waals surface area contributed by atoms with Crippen LogP contribution in [0.3, 0.4) is 0 Å². The molecule has 0 saturated carbocycles. The molecule has 14 nitrogen and oxygen atoms in total. The van der Waals surface area contributed by atoms with Crippen molar-refractivity contribution in [1.29, 1.82) is 0 Å². The number of benzene rings is 1. The number of hydrogen-bond donors (Lipinski definition) is 4. The maximum absolute atomic E-state index is 13.0. The van der Waals surface area contributed by atoms with E-state index in [0.717, 1.165) is 51.1 Å². The smallest absolute Gasteiger partial charge is 0.436 e. The number of nitrogens with one attached hydrogen (secondary N) is 1. The molecule has 1 aromatic carbocycles. The molecule has 2 amide bonds. The molecule has 1 fully saturated rings. The summed E-state index contributed by atoms with van der Waals surface area (Å²) in [6, 6.07) is 5.14. The summed E-state index contributed by atoms with van der Waals surface area (Å²) in [6.07, 6.45) is -8.31. The van der Waals surface area contributed by atoms with Crippen LogP contribution in [0.25, 0.3) is 5.65 Å². The second-order valence-electron chi connectivity index (χ2n) is 9.28. The fourth-order valence-electron chi connectivity index (χ4n) is 4.51. The highest BCUT2D eigenvalue weighted by atomic mass is 32.2. The van der Waals surface area contributed by atoms with Crippen LogP contribution < -0.4 is 11.0 Å². The van der Waals surface area contributed by atoms with E-state index in [1.807, 2.05) is 0 Å². The topological polar surface area (TPSA) is 196 Å². The van der Waals surface area contributed by atoms with Gasteiger partial charge in [-0.05, 0) is 42.3 Å². The van der Waals surface area contributed by atoms with Crippen molar-refractivity contribution in [1.82, 2.24) is 29.6 Å². The zero-order chi connectivity index (χ0) is 31.4. The average molecular weight is 641 g/mol. The first kappa shape index (κ1) is 30.1. The van der Waals surface area contributed by atoms with Gasteiger partial charge in [-0.15, -0.1) is 21.5 Å². The van der Waals surface area contributed by atoms with E-state index >= 15 is 0 Å². The number of rotatable bonds is 7. The molecule has 4 heterocycles. The molecule has 5 rings (SSSR count). The summed E-state index contributed by atoms with van der Waals surface area (Å²) in [7, 11) is 0. The van der Waals surface area contributed by atoms with Crippen molar-refractivity contribution in [2.75, 3.05) is 5.75 Å². The number of carbonyl (C=O) groups excluding carboxylic acids is 2. The van der Waals surface area contributed by atoms with Gasteiger partial charge in [-0.1, -0.05) is 23.9 Å². The van der Waals surface area contributed by atoms with Gasteiger partial charge < -0.3 is 20.6 Å². The molecule has 0 bridgehead atoms. The fourth-order valence-corrected chi connectivity index (χ4v) is 7.07. The summed E-state index contributed by atoms with van der Waals surface area (Å²) in [5.74, 6) is -3.24. The van der Waals surface area contributed by atoms with E-state index in [1.165, 1.54) is 12.1 Å². The van der Waals surface area contributed by atoms with E-state index < -0.39 is 64.1 Å². The van der Waals surface area contributed by atoms with Gasteiger partial charge in [-0.2, -0.15) is 22.8 Å². The monoisotopic (exact) mass is 640 g/mol. The predicted molar refractivity (Wildman–Crippen MR) is 142 cm³/mol. The number of β-lactam (4-membered cyclic amide) rings is 1. The molecule has 0 spiro atoms. The number of aliphatic hydroxyl groups excluding tert-OH is 1. The highest BCUT2D eigenvalue weighted by molar-refractivity contribution is 8.01. The molecule has 2 aliphatic rings. The number of aliphatic hydroxyl groups is 1. The first-order valence-electron chi connectivity index (χ1n) is 12.1. The Labute approximate surface area is 246 Å². The largest absolute Gasteiger partial charge is 0.477 e. The third-order valence-corrected chi connectivity index (χ3v) is 9.00. The van der Waals surface area contributed by atoms with E-state index in [1.54, 1.807) is 6.92 Å². The van der Waals surface area contributed by atoms with Gasteiger partial charge in [0, 0.05) is 11.0 Å². The lowest BCUT2D eigenvalue weighted by atomic mass is 10.0. The number of thioether (sulfide) groups is 2. The van der Waals surface area contributed by atoms with E-state index in [9.17, 15) is 47.4 Å². The van der Waals surface area contributed by atoms with Crippen molar-refractivity contribution in [2.24, 2.45) is 0 Å². The number of carboxylic acid groups (broad SMARTS) is 2. The Hall–Kier alpha value is -4.36. The standard InChI is InChI=1S/C24H19F3N6O8S2/c1-9(43-14-6-5-13-29-33(23(40)41)22(39)32(13)30-14)12-8-42-20-15(19(36)31(20)16(12)21(37)38)28-18(35)17(34)10-3-2-4-11(7-10)24(25,26)27/h2-7,9,15,17,20,34H,8H2,1H3,(H,28,35)(H,37,38)(H,40,41)/t9?,15?,17-,20-/m1/s1. The summed E-state index contributed by atoms with van der Waals surface area (Å²) < 4.78 is 40.1. The van der Waals surface area contributed by atoms with Crippen molar-refractivity contribution >= 4 is 53.0 Å². The number of carboxylic acids is 1. The zero-order valence-corrected chi connectivity index (χ0v) is 23.2. The van der Waals surface area contributed by atoms with Gasteiger partial charge in [0.25, 0.3) is 11.8 Å². The first-order chi connectivity index (χ1) is 20.2. The van der Waals surface area contributed by atoms with E-state index in [2.05, 4.69) is 15.5 Å². The molecule has 1 saturated heterocycles. The van der Waals surface area contributed by atoms with Crippen LogP contribution in [-0.4, -0.2) is 85.9 Å². The average Bonchev–Trinajstić information content (AvgIpc) is 3.29. The van der Waals surface area contributed by atoms with Crippen LogP contribution >= 0.6 is 23.5 Å². The van der Waals surface area contributed by atoms with Crippen LogP contribution in [0.1, 0.15) is 24.2 Å². The number of nitrogens with zero attached hydrogens (tertiary/aromatic N) is 5. The summed E-state index contributed by atoms with van der Waals surface area (Å²) in [4.78, 5) is 62.3. The van der Waals surface area contributed by atoms with Gasteiger partial charge in [0.2, 0.25) is 0 Å². The SMILES string of the molecule is CC(Sc1ccc2nn(C(=O)O)c(=O)n2n1)C1=C(C(=O)O)N2C(=O)C(NC(=O)[C@H](O)c3cccc(C(F)(F)F)c3)[C@H]2SC1. The maximum Gasteiger partial charge on any atom is 0.436 e. The molecule has 2 aromatic heterocycles. The van der Waals surface area contributed by atoms with Gasteiger partial charge in [0.15, 0.2) is 11.8 Å². The quantitative estimate of drug-likeness (QED) is 0.214. The predicted octanol–water partition coefficient (Wildman–Crippen LogP) is 1.39. The first-order valence-corrected chi connectivity index (χ1v) is 14.1. The van der Waals surface area contributed by atoms with Crippen molar-refractivity contribution < 1.29 is 47.7 Å². The Balaban J connectivity index is 1.32. The third-order valence-electron chi connectivity index (χ3n) is 6.60. The van der Waals surface area contributed by atoms with Crippen molar-refractivity contribution in [3.8, 4) is 0 Å². The second-order valence-corrected chi connectivity index (χ2v) is 11.7. The number of hydrogen-bond acceptors (Lipinski definition) is 10. The fraction of sp³-hybridized carbons (Fsp3) is 0.292. The number of carbonyl (C=O) groups is 4. The number of alkyl halides is 3. The van der Waals surface area contributed by atoms with Crippen molar-refractivity contribution in [2.45, 2.75) is 40.9 Å². The van der Waals surface area contributed by atoms with Crippen LogP contribution in [0.2, 0.25) is 0 Å². The lowest BCUT2D eigenvalue weighted by Crippen LogP contribution is -2.71. The zero-order valence-electron chi connectivity index (χ0n) is 21.5. The van der Waals surface area contributed by atoms with Crippen molar-refractivity contribution in [3.63, 3.8) is 0 Å². The minimum Gasteiger partial charge on any atom is -0.477 e. The number of fused-ring (bicyclic) bond motifs is 2. The Morgan fingerprint density at radius 1 is 1.14 bits per heavy atom. The van der Waals surface area contributed by atoms with Gasteiger partial charge in [-0.3, -0.25) is 14.5 Å². The van der Waals surface area contributed by atoms with Crippen LogP contribution in [-0.2, 0) is 20.6 Å². The third kappa shape index (κ3) is 5.45. The summed E-state index contributed by atoms with van der Waals surface area (Å²) in [5.41, 5.74) is -2.44. The van der Waals surface area contributed by atoms with E-state index in [4.69, 9.17) is 5.11 Å². The van der Waals surface area contributed by atoms with E-state index in [-0.39, 0.29) is 32.4 Å². The number of amides is 2. The van der Waals surface area contributed by atoms with Crippen LogP contribution in [0.5, 0.6) is 0 Å². The second kappa shape index (κ2) is 11.0. The highest BCUT2D eigenvalue weighted by Crippen LogP contribution is 2.43. The normalized spacial score (nSPS) is 19.9. The van der Waals surface area contributed by atoms with Crippen LogP contribution in [0.4, 0.5) is 18.0 Å². The summed E-state index contributed by atoms with van der Waals surface area (Å²) in [5, 5.41) is 38.2. The molecule has 19 heteroatoms. The Morgan fingerprint density at radius 3 is 2.51 bits per heavy atom. The van der Waals surface area contributed by atoms with E-state index in [0.29, 0.717) is 11.6 Å². The summed E-state index contributed by atoms with van der Waals surface area (Å²) in [6.45, 7) is 1.65. The van der Waals surface area contributed by atoms with Crippen LogP contribution in [0, 0.1) is 0 Å². The molecule has 0 aliphatic carbocycles. The van der Waals surface area contributed by atoms with Gasteiger partial charge in [0.05, 0.1) is 5.56 Å². The number of aliphatic carboxylic acids is 1. The lowest BCUT2D eigenvalue weighted by molar-refractivity contribution is -0.151. The summed E-state index contributed by atoms with van der Waals surface area (Å²) >= 11 is 2.18. The minimum atomic E-state index is -4.70. The maximum atomic E-state index is 13.0. The molecular formula is C24H19F3N6O8S2. The molecule has 2 aliphatic heterocycles. The van der Waals surface area contributed by atoms with Gasteiger partial charge in [0.1, 0.15) is 22.1 Å². The molecule has 2 unspecified atom stereocenters. The van der Waals surface area contributed by atoms with Gasteiger partial charge >= 0.3 is 23.9 Å². The highest BCUT2D eigenvalue weighted by Gasteiger charge is 2.55. The minimum absolute atomic E-state index is 0.0247. The molecular weight excluding hydrogens is 621 g/mol. The van der Waals surface area contributed by atoms with Crippen LogP contribution in [0.15, 0.2) is 57.5 Å². The molecule has 3 aromatic rings. The molecule has 226 valence electrons. The Kier molecular flexibility index (Phi) is 7.73. The molecule has 4 atom stereocenters. The lowest BCUT2D eigenvalue weighted by Gasteiger charge is -2.50.